The summed E-state index contributed by atoms with van der Waals surface area (Å²) in [5.74, 6) is -0.471. The summed E-state index contributed by atoms with van der Waals surface area (Å²) in [7, 11) is 0. The summed E-state index contributed by atoms with van der Waals surface area (Å²) in [6.45, 7) is 3.32. The third-order valence-electron chi connectivity index (χ3n) is 2.75. The van der Waals surface area contributed by atoms with Crippen LogP contribution in [-0.4, -0.2) is 18.8 Å². The van der Waals surface area contributed by atoms with Crippen molar-refractivity contribution in [1.82, 2.24) is 0 Å². The minimum atomic E-state index is -0.471. The van der Waals surface area contributed by atoms with Gasteiger partial charge in [0.1, 0.15) is 5.82 Å². The number of anilines is 2. The van der Waals surface area contributed by atoms with Crippen LogP contribution in [0.2, 0.25) is 5.02 Å². The molecule has 0 aromatic heterocycles. The van der Waals surface area contributed by atoms with E-state index >= 15 is 0 Å². The highest BCUT2D eigenvalue weighted by molar-refractivity contribution is 6.31. The minimum absolute atomic E-state index is 0.0378. The summed E-state index contributed by atoms with van der Waals surface area (Å²) in [5.41, 5.74) is 6.60. The van der Waals surface area contributed by atoms with E-state index < -0.39 is 5.82 Å². The quantitative estimate of drug-likeness (QED) is 0.787. The highest BCUT2D eigenvalue weighted by atomic mass is 35.5. The van der Waals surface area contributed by atoms with Crippen LogP contribution >= 0.6 is 11.6 Å². The predicted molar refractivity (Wildman–Crippen MR) is 63.3 cm³/mol. The second kappa shape index (κ2) is 4.11. The molecule has 0 amide bonds. The molecule has 16 heavy (non-hydrogen) atoms. The third-order valence-corrected chi connectivity index (χ3v) is 3.04. The Morgan fingerprint density at radius 1 is 1.56 bits per heavy atom. The zero-order chi connectivity index (χ0) is 11.8. The zero-order valence-corrected chi connectivity index (χ0v) is 9.77. The first-order valence-electron chi connectivity index (χ1n) is 5.11. The third kappa shape index (κ3) is 2.23. The van der Waals surface area contributed by atoms with Crippen molar-refractivity contribution >= 4 is 23.0 Å². The lowest BCUT2D eigenvalue weighted by atomic mass is 10.0. The second-order valence-corrected chi connectivity index (χ2v) is 4.75. The van der Waals surface area contributed by atoms with Crippen LogP contribution in [0.4, 0.5) is 15.8 Å². The molecule has 1 atom stereocenters. The Labute approximate surface area is 98.7 Å². The lowest BCUT2D eigenvalue weighted by Crippen LogP contribution is -2.35. The van der Waals surface area contributed by atoms with Crippen LogP contribution < -0.4 is 11.1 Å². The summed E-state index contributed by atoms with van der Waals surface area (Å²) in [4.78, 5) is 0. The van der Waals surface area contributed by atoms with Gasteiger partial charge in [-0.3, -0.25) is 0 Å². The molecule has 88 valence electrons. The van der Waals surface area contributed by atoms with Crippen molar-refractivity contribution in [1.29, 1.82) is 0 Å². The molecule has 2 rings (SSSR count). The molecule has 1 heterocycles. The van der Waals surface area contributed by atoms with Crippen molar-refractivity contribution in [3.8, 4) is 0 Å². The molecule has 5 heteroatoms. The van der Waals surface area contributed by atoms with Crippen LogP contribution in [0.5, 0.6) is 0 Å². The SMILES string of the molecule is CC1(Nc2cc(F)c(Cl)cc2N)CCOC1. The largest absolute Gasteiger partial charge is 0.397 e. The van der Waals surface area contributed by atoms with Gasteiger partial charge < -0.3 is 15.8 Å². The summed E-state index contributed by atoms with van der Waals surface area (Å²) in [5, 5.41) is 3.24. The van der Waals surface area contributed by atoms with E-state index in [1.165, 1.54) is 12.1 Å². The topological polar surface area (TPSA) is 47.3 Å². The van der Waals surface area contributed by atoms with E-state index in [1.54, 1.807) is 0 Å². The number of nitrogens with two attached hydrogens (primary N) is 1. The molecule has 3 N–H and O–H groups in total. The number of hydrogen-bond acceptors (Lipinski definition) is 3. The van der Waals surface area contributed by atoms with Crippen molar-refractivity contribution < 1.29 is 9.13 Å². The normalized spacial score (nSPS) is 24.7. The average Bonchev–Trinajstić information content (AvgIpc) is 2.62. The van der Waals surface area contributed by atoms with Crippen LogP contribution in [0.15, 0.2) is 12.1 Å². The smallest absolute Gasteiger partial charge is 0.143 e. The Morgan fingerprint density at radius 2 is 2.31 bits per heavy atom. The number of halogens is 2. The summed E-state index contributed by atoms with van der Waals surface area (Å²) < 4.78 is 18.6. The molecule has 1 unspecified atom stereocenters. The Balaban J connectivity index is 2.24. The first-order chi connectivity index (χ1) is 7.50. The zero-order valence-electron chi connectivity index (χ0n) is 9.02. The molecule has 1 aromatic rings. The Hall–Kier alpha value is -1.00. The number of hydrogen-bond donors (Lipinski definition) is 2. The fraction of sp³-hybridized carbons (Fsp3) is 0.455. The lowest BCUT2D eigenvalue weighted by molar-refractivity contribution is 0.185. The highest BCUT2D eigenvalue weighted by Gasteiger charge is 2.30. The number of nitrogen functional groups attached to an aromatic ring is 1. The molecule has 0 aliphatic carbocycles. The molecule has 1 aromatic carbocycles. The van der Waals surface area contributed by atoms with E-state index in [0.717, 1.165) is 6.42 Å². The first-order valence-corrected chi connectivity index (χ1v) is 5.48. The molecule has 1 fully saturated rings. The van der Waals surface area contributed by atoms with Crippen LogP contribution in [-0.2, 0) is 4.74 Å². The fourth-order valence-corrected chi connectivity index (χ4v) is 1.93. The van der Waals surface area contributed by atoms with Crippen molar-refractivity contribution in [2.24, 2.45) is 0 Å². The van der Waals surface area contributed by atoms with Gasteiger partial charge in [-0.2, -0.15) is 0 Å². The average molecular weight is 245 g/mol. The van der Waals surface area contributed by atoms with Crippen LogP contribution in [0.1, 0.15) is 13.3 Å². The molecule has 3 nitrogen and oxygen atoms in total. The summed E-state index contributed by atoms with van der Waals surface area (Å²) >= 11 is 5.63. The molecule has 0 radical (unpaired) electrons. The predicted octanol–water partition coefficient (Wildman–Crippen LogP) is 2.65. The monoisotopic (exact) mass is 244 g/mol. The maximum atomic E-state index is 13.3. The van der Waals surface area contributed by atoms with Gasteiger partial charge in [0, 0.05) is 12.7 Å². The van der Waals surface area contributed by atoms with Crippen LogP contribution in [0, 0.1) is 5.82 Å². The van der Waals surface area contributed by atoms with Crippen molar-refractivity contribution in [2.75, 3.05) is 24.3 Å². The lowest BCUT2D eigenvalue weighted by Gasteiger charge is -2.26. The van der Waals surface area contributed by atoms with E-state index in [0.29, 0.717) is 24.6 Å². The van der Waals surface area contributed by atoms with Gasteiger partial charge in [0.15, 0.2) is 0 Å². The highest BCUT2D eigenvalue weighted by Crippen LogP contribution is 2.30. The molecule has 1 aliphatic heterocycles. The van der Waals surface area contributed by atoms with Crippen LogP contribution in [0.3, 0.4) is 0 Å². The number of ether oxygens (including phenoxy) is 1. The summed E-state index contributed by atoms with van der Waals surface area (Å²) in [6, 6.07) is 2.74. The van der Waals surface area contributed by atoms with Crippen molar-refractivity contribution in [3.63, 3.8) is 0 Å². The molecule has 0 saturated carbocycles. The molecular formula is C11H14ClFN2O. The van der Waals surface area contributed by atoms with E-state index in [9.17, 15) is 4.39 Å². The molecule has 1 aliphatic rings. The molecule has 0 spiro atoms. The first kappa shape index (κ1) is 11.5. The van der Waals surface area contributed by atoms with E-state index in [4.69, 9.17) is 22.1 Å². The fourth-order valence-electron chi connectivity index (χ4n) is 1.76. The van der Waals surface area contributed by atoms with Crippen molar-refractivity contribution in [3.05, 3.63) is 23.0 Å². The van der Waals surface area contributed by atoms with E-state index in [2.05, 4.69) is 5.32 Å². The van der Waals surface area contributed by atoms with Crippen LogP contribution in [0.25, 0.3) is 0 Å². The Morgan fingerprint density at radius 3 is 2.94 bits per heavy atom. The van der Waals surface area contributed by atoms with Gasteiger partial charge in [0.2, 0.25) is 0 Å². The second-order valence-electron chi connectivity index (χ2n) is 4.34. The van der Waals surface area contributed by atoms with E-state index in [1.807, 2.05) is 6.92 Å². The standard InChI is InChI=1S/C11H14ClFN2O/c1-11(2-3-16-6-11)15-10-5-8(13)7(12)4-9(10)14/h4-5,15H,2-3,6,14H2,1H3. The van der Waals surface area contributed by atoms with E-state index in [-0.39, 0.29) is 10.6 Å². The minimum Gasteiger partial charge on any atom is -0.397 e. The van der Waals surface area contributed by atoms with Gasteiger partial charge in [-0.1, -0.05) is 11.6 Å². The maximum Gasteiger partial charge on any atom is 0.143 e. The number of benzene rings is 1. The number of nitrogens with one attached hydrogen (secondary N) is 1. The number of rotatable bonds is 2. The Bertz CT molecular complexity index is 405. The van der Waals surface area contributed by atoms with Gasteiger partial charge in [-0.05, 0) is 19.4 Å². The van der Waals surface area contributed by atoms with Gasteiger partial charge in [-0.15, -0.1) is 0 Å². The maximum absolute atomic E-state index is 13.3. The summed E-state index contributed by atoms with van der Waals surface area (Å²) in [6.07, 6.45) is 0.872. The van der Waals surface area contributed by atoms with Crippen molar-refractivity contribution in [2.45, 2.75) is 18.9 Å². The van der Waals surface area contributed by atoms with Gasteiger partial charge in [-0.25, -0.2) is 4.39 Å². The van der Waals surface area contributed by atoms with Gasteiger partial charge in [0.25, 0.3) is 0 Å². The molecular weight excluding hydrogens is 231 g/mol. The molecule has 1 saturated heterocycles. The Kier molecular flexibility index (Phi) is 2.95. The molecule has 0 bridgehead atoms. The van der Waals surface area contributed by atoms with Gasteiger partial charge in [0.05, 0.1) is 28.5 Å². The van der Waals surface area contributed by atoms with Gasteiger partial charge >= 0.3 is 0 Å².